The molecule has 0 fully saturated rings. The molecule has 140 valence electrons. The van der Waals surface area contributed by atoms with Crippen LogP contribution >= 0.6 is 0 Å². The summed E-state index contributed by atoms with van der Waals surface area (Å²) in [6.07, 6.45) is -0.504. The standard InChI is InChI=1S/C24H20O4/c25-17-28-24(15-26-22-11-9-18-5-1-3-7-20(18)13-22)16-27-23-12-10-19-6-2-4-8-21(19)14-23/h1-14,17,24H,15-16H2. The van der Waals surface area contributed by atoms with Crippen LogP contribution in [0.3, 0.4) is 0 Å². The summed E-state index contributed by atoms with van der Waals surface area (Å²) < 4.78 is 16.8. The van der Waals surface area contributed by atoms with Crippen LogP contribution in [0.5, 0.6) is 11.5 Å². The first-order valence-corrected chi connectivity index (χ1v) is 9.14. The van der Waals surface area contributed by atoms with Gasteiger partial charge in [0.25, 0.3) is 6.47 Å². The molecule has 0 saturated heterocycles. The Balaban J connectivity index is 1.39. The van der Waals surface area contributed by atoms with Crippen molar-refractivity contribution >= 4 is 28.0 Å². The maximum Gasteiger partial charge on any atom is 0.293 e. The van der Waals surface area contributed by atoms with E-state index in [9.17, 15) is 4.79 Å². The summed E-state index contributed by atoms with van der Waals surface area (Å²) in [6, 6.07) is 27.9. The van der Waals surface area contributed by atoms with Crippen LogP contribution in [0.15, 0.2) is 84.9 Å². The summed E-state index contributed by atoms with van der Waals surface area (Å²) in [5.41, 5.74) is 0. The third-order valence-electron chi connectivity index (χ3n) is 4.56. The predicted molar refractivity (Wildman–Crippen MR) is 110 cm³/mol. The summed E-state index contributed by atoms with van der Waals surface area (Å²) >= 11 is 0. The molecule has 0 amide bonds. The topological polar surface area (TPSA) is 44.8 Å². The third kappa shape index (κ3) is 4.23. The Morgan fingerprint density at radius 2 is 1.11 bits per heavy atom. The lowest BCUT2D eigenvalue weighted by molar-refractivity contribution is -0.136. The monoisotopic (exact) mass is 372 g/mol. The van der Waals surface area contributed by atoms with Crippen molar-refractivity contribution in [2.24, 2.45) is 0 Å². The second-order valence-electron chi connectivity index (χ2n) is 6.49. The van der Waals surface area contributed by atoms with E-state index in [1.165, 1.54) is 0 Å². The quantitative estimate of drug-likeness (QED) is 0.409. The van der Waals surface area contributed by atoms with Crippen molar-refractivity contribution in [3.63, 3.8) is 0 Å². The first-order chi connectivity index (χ1) is 13.8. The first kappa shape index (κ1) is 17.9. The van der Waals surface area contributed by atoms with Crippen molar-refractivity contribution in [1.29, 1.82) is 0 Å². The van der Waals surface area contributed by atoms with Gasteiger partial charge in [-0.3, -0.25) is 4.79 Å². The van der Waals surface area contributed by atoms with E-state index in [1.807, 2.05) is 72.8 Å². The van der Waals surface area contributed by atoms with Gasteiger partial charge in [-0.05, 0) is 45.8 Å². The fraction of sp³-hybridized carbons (Fsp3) is 0.125. The maximum absolute atomic E-state index is 10.9. The molecule has 0 aromatic heterocycles. The van der Waals surface area contributed by atoms with Gasteiger partial charge in [0.2, 0.25) is 0 Å². The van der Waals surface area contributed by atoms with Crippen LogP contribution in [-0.2, 0) is 9.53 Å². The number of hydrogen-bond acceptors (Lipinski definition) is 4. The van der Waals surface area contributed by atoms with Crippen LogP contribution in [0.2, 0.25) is 0 Å². The largest absolute Gasteiger partial charge is 0.490 e. The summed E-state index contributed by atoms with van der Waals surface area (Å²) in [4.78, 5) is 10.9. The van der Waals surface area contributed by atoms with Crippen molar-refractivity contribution in [3.8, 4) is 11.5 Å². The molecule has 4 aromatic rings. The zero-order chi connectivity index (χ0) is 19.2. The van der Waals surface area contributed by atoms with Gasteiger partial charge in [0.15, 0.2) is 6.10 Å². The van der Waals surface area contributed by atoms with Gasteiger partial charge in [-0.25, -0.2) is 0 Å². The van der Waals surface area contributed by atoms with Gasteiger partial charge in [0, 0.05) is 0 Å². The molecule has 4 aromatic carbocycles. The zero-order valence-corrected chi connectivity index (χ0v) is 15.3. The molecule has 0 unspecified atom stereocenters. The normalized spacial score (nSPS) is 10.9. The number of carbonyl (C=O) groups is 1. The van der Waals surface area contributed by atoms with E-state index in [0.29, 0.717) is 6.47 Å². The molecule has 28 heavy (non-hydrogen) atoms. The van der Waals surface area contributed by atoms with Gasteiger partial charge in [-0.1, -0.05) is 60.7 Å². The molecular formula is C24H20O4. The van der Waals surface area contributed by atoms with Gasteiger partial charge in [-0.2, -0.15) is 0 Å². The fourth-order valence-electron chi connectivity index (χ4n) is 3.10. The van der Waals surface area contributed by atoms with Crippen molar-refractivity contribution < 1.29 is 19.0 Å². The molecule has 0 heterocycles. The van der Waals surface area contributed by atoms with E-state index in [-0.39, 0.29) is 13.2 Å². The molecule has 0 N–H and O–H groups in total. The van der Waals surface area contributed by atoms with Crippen LogP contribution in [0.1, 0.15) is 0 Å². The Hall–Kier alpha value is -3.53. The van der Waals surface area contributed by atoms with Crippen LogP contribution in [0.4, 0.5) is 0 Å². The average Bonchev–Trinajstić information content (AvgIpc) is 2.75. The van der Waals surface area contributed by atoms with E-state index >= 15 is 0 Å². The highest BCUT2D eigenvalue weighted by Gasteiger charge is 2.12. The molecule has 0 saturated carbocycles. The van der Waals surface area contributed by atoms with Crippen molar-refractivity contribution in [3.05, 3.63) is 84.9 Å². The van der Waals surface area contributed by atoms with E-state index in [4.69, 9.17) is 14.2 Å². The lowest BCUT2D eigenvalue weighted by atomic mass is 10.1. The second-order valence-corrected chi connectivity index (χ2v) is 6.49. The van der Waals surface area contributed by atoms with Crippen LogP contribution in [0.25, 0.3) is 21.5 Å². The first-order valence-electron chi connectivity index (χ1n) is 9.14. The highest BCUT2D eigenvalue weighted by atomic mass is 16.6. The van der Waals surface area contributed by atoms with Crippen molar-refractivity contribution in [2.45, 2.75) is 6.10 Å². The average molecular weight is 372 g/mol. The van der Waals surface area contributed by atoms with Gasteiger partial charge in [0.1, 0.15) is 24.7 Å². The molecule has 0 atom stereocenters. The second kappa shape index (κ2) is 8.44. The molecule has 0 radical (unpaired) electrons. The number of fused-ring (bicyclic) bond motifs is 2. The Kier molecular flexibility index (Phi) is 5.38. The van der Waals surface area contributed by atoms with Gasteiger partial charge in [-0.15, -0.1) is 0 Å². The number of carbonyl (C=O) groups excluding carboxylic acids is 1. The van der Waals surface area contributed by atoms with Crippen molar-refractivity contribution in [2.75, 3.05) is 13.2 Å². The number of ether oxygens (including phenoxy) is 3. The van der Waals surface area contributed by atoms with Gasteiger partial charge >= 0.3 is 0 Å². The van der Waals surface area contributed by atoms with E-state index < -0.39 is 6.10 Å². The Labute approximate surface area is 163 Å². The smallest absolute Gasteiger partial charge is 0.293 e. The van der Waals surface area contributed by atoms with Crippen molar-refractivity contribution in [1.82, 2.24) is 0 Å². The lowest BCUT2D eigenvalue weighted by Crippen LogP contribution is -2.28. The highest BCUT2D eigenvalue weighted by molar-refractivity contribution is 5.84. The SMILES string of the molecule is O=COC(COc1ccc2ccccc2c1)COc1ccc2ccccc2c1. The summed E-state index contributed by atoms with van der Waals surface area (Å²) in [5, 5.41) is 4.49. The van der Waals surface area contributed by atoms with E-state index in [1.54, 1.807) is 0 Å². The zero-order valence-electron chi connectivity index (χ0n) is 15.3. The van der Waals surface area contributed by atoms with E-state index in [2.05, 4.69) is 12.1 Å². The molecule has 0 aliphatic rings. The number of benzene rings is 4. The molecule has 0 aliphatic carbocycles. The minimum Gasteiger partial charge on any atom is -0.490 e. The number of hydrogen-bond donors (Lipinski definition) is 0. The van der Waals surface area contributed by atoms with Crippen LogP contribution in [-0.4, -0.2) is 25.8 Å². The van der Waals surface area contributed by atoms with E-state index in [0.717, 1.165) is 33.0 Å². The summed E-state index contributed by atoms with van der Waals surface area (Å²) in [6.45, 7) is 0.855. The Morgan fingerprint density at radius 1 is 0.643 bits per heavy atom. The third-order valence-corrected chi connectivity index (χ3v) is 4.56. The van der Waals surface area contributed by atoms with Gasteiger partial charge in [0.05, 0.1) is 0 Å². The Bertz CT molecular complexity index is 1010. The highest BCUT2D eigenvalue weighted by Crippen LogP contribution is 2.22. The Morgan fingerprint density at radius 3 is 1.57 bits per heavy atom. The molecule has 0 bridgehead atoms. The lowest BCUT2D eigenvalue weighted by Gasteiger charge is -2.17. The van der Waals surface area contributed by atoms with Crippen LogP contribution < -0.4 is 9.47 Å². The molecule has 0 spiro atoms. The molecule has 0 aliphatic heterocycles. The minimum absolute atomic E-state index is 0.213. The predicted octanol–water partition coefficient (Wildman–Crippen LogP) is 4.99. The van der Waals surface area contributed by atoms with Gasteiger partial charge < -0.3 is 14.2 Å². The molecular weight excluding hydrogens is 352 g/mol. The molecule has 4 rings (SSSR count). The molecule has 4 heteroatoms. The molecule has 4 nitrogen and oxygen atoms in total. The summed E-state index contributed by atoms with van der Waals surface area (Å²) in [5.74, 6) is 1.45. The maximum atomic E-state index is 10.9. The fourth-order valence-corrected chi connectivity index (χ4v) is 3.10. The van der Waals surface area contributed by atoms with Crippen LogP contribution in [0, 0.1) is 0 Å². The summed E-state index contributed by atoms with van der Waals surface area (Å²) in [7, 11) is 0. The minimum atomic E-state index is -0.504. The number of rotatable bonds is 8.